The highest BCUT2D eigenvalue weighted by Gasteiger charge is 2.08. The molecule has 7 heteroatoms. The molecule has 3 rings (SSSR count). The molecule has 1 heterocycles. The number of benzene rings is 2. The van der Waals surface area contributed by atoms with Crippen molar-refractivity contribution in [3.8, 4) is 11.3 Å². The summed E-state index contributed by atoms with van der Waals surface area (Å²) in [5.74, 6) is -0.757. The monoisotopic (exact) mass is 357 g/mol. The third-order valence-electron chi connectivity index (χ3n) is 3.43. The molecule has 5 nitrogen and oxygen atoms in total. The number of rotatable bonds is 4. The number of halogens is 2. The van der Waals surface area contributed by atoms with Crippen LogP contribution in [0.2, 0.25) is 5.02 Å². The Labute approximate surface area is 147 Å². The first-order chi connectivity index (χ1) is 12.0. The van der Waals surface area contributed by atoms with E-state index in [1.807, 2.05) is 0 Å². The molecule has 1 amide bonds. The number of carbonyl (C=O) groups excluding carboxylic acids is 1. The molecule has 25 heavy (non-hydrogen) atoms. The number of nitrogens with one attached hydrogen (secondary N) is 1. The second-order valence-corrected chi connectivity index (χ2v) is 5.71. The van der Waals surface area contributed by atoms with E-state index < -0.39 is 11.5 Å². The highest BCUT2D eigenvalue weighted by atomic mass is 35.5. The molecule has 0 fully saturated rings. The molecule has 3 aromatic rings. The molecule has 1 N–H and O–H groups in total. The van der Waals surface area contributed by atoms with Gasteiger partial charge in [-0.05, 0) is 54.6 Å². The Bertz CT molecular complexity index is 953. The average Bonchev–Trinajstić information content (AvgIpc) is 2.60. The van der Waals surface area contributed by atoms with Crippen molar-refractivity contribution in [3.05, 3.63) is 81.9 Å². The molecule has 0 aliphatic rings. The quantitative estimate of drug-likeness (QED) is 0.778. The van der Waals surface area contributed by atoms with Gasteiger partial charge in [0.15, 0.2) is 0 Å². The third-order valence-corrected chi connectivity index (χ3v) is 3.68. The van der Waals surface area contributed by atoms with Gasteiger partial charge in [-0.25, -0.2) is 9.07 Å². The van der Waals surface area contributed by atoms with E-state index in [0.717, 1.165) is 4.68 Å². The summed E-state index contributed by atoms with van der Waals surface area (Å²) < 4.78 is 14.1. The summed E-state index contributed by atoms with van der Waals surface area (Å²) in [5.41, 5.74) is 1.28. The molecule has 0 bridgehead atoms. The van der Waals surface area contributed by atoms with Gasteiger partial charge in [-0.3, -0.25) is 9.59 Å². The van der Waals surface area contributed by atoms with Crippen molar-refractivity contribution in [2.45, 2.75) is 6.54 Å². The Kier molecular flexibility index (Phi) is 4.90. The first-order valence-electron chi connectivity index (χ1n) is 7.41. The largest absolute Gasteiger partial charge is 0.324 e. The van der Waals surface area contributed by atoms with Gasteiger partial charge in [0.25, 0.3) is 5.56 Å². The molecular weight excluding hydrogens is 345 g/mol. The Morgan fingerprint density at radius 3 is 2.40 bits per heavy atom. The molecule has 0 spiro atoms. The van der Waals surface area contributed by atoms with Crippen LogP contribution < -0.4 is 10.9 Å². The van der Waals surface area contributed by atoms with Gasteiger partial charge in [0, 0.05) is 22.3 Å². The molecule has 0 saturated heterocycles. The average molecular weight is 358 g/mol. The van der Waals surface area contributed by atoms with Gasteiger partial charge in [-0.1, -0.05) is 11.6 Å². The molecule has 0 atom stereocenters. The summed E-state index contributed by atoms with van der Waals surface area (Å²) in [6, 6.07) is 15.2. The highest BCUT2D eigenvalue weighted by molar-refractivity contribution is 6.30. The zero-order valence-corrected chi connectivity index (χ0v) is 13.7. The van der Waals surface area contributed by atoms with E-state index in [2.05, 4.69) is 10.4 Å². The van der Waals surface area contributed by atoms with Gasteiger partial charge in [0.05, 0.1) is 5.69 Å². The van der Waals surface area contributed by atoms with Crippen LogP contribution in [0, 0.1) is 5.82 Å². The fourth-order valence-corrected chi connectivity index (χ4v) is 2.33. The van der Waals surface area contributed by atoms with E-state index in [9.17, 15) is 14.0 Å². The van der Waals surface area contributed by atoms with Crippen molar-refractivity contribution >= 4 is 23.2 Å². The SMILES string of the molecule is O=C(Cn1nc(-c2ccc(F)cc2)ccc1=O)Nc1ccc(Cl)cc1. The number of aromatic nitrogens is 2. The van der Waals surface area contributed by atoms with Crippen molar-refractivity contribution in [3.63, 3.8) is 0 Å². The lowest BCUT2D eigenvalue weighted by molar-refractivity contribution is -0.117. The zero-order chi connectivity index (χ0) is 17.8. The fraction of sp³-hybridized carbons (Fsp3) is 0.0556. The van der Waals surface area contributed by atoms with Gasteiger partial charge in [-0.15, -0.1) is 0 Å². The topological polar surface area (TPSA) is 64.0 Å². The number of nitrogens with zero attached hydrogens (tertiary/aromatic N) is 2. The maximum absolute atomic E-state index is 13.0. The first kappa shape index (κ1) is 16.9. The van der Waals surface area contributed by atoms with Crippen LogP contribution in [0.4, 0.5) is 10.1 Å². The van der Waals surface area contributed by atoms with E-state index in [0.29, 0.717) is 22.0 Å². The van der Waals surface area contributed by atoms with Crippen molar-refractivity contribution in [1.82, 2.24) is 9.78 Å². The van der Waals surface area contributed by atoms with Gasteiger partial charge < -0.3 is 5.32 Å². The van der Waals surface area contributed by atoms with Gasteiger partial charge >= 0.3 is 0 Å². The Morgan fingerprint density at radius 2 is 1.72 bits per heavy atom. The number of anilines is 1. The minimum Gasteiger partial charge on any atom is -0.324 e. The van der Waals surface area contributed by atoms with E-state index in [1.165, 1.54) is 24.3 Å². The second-order valence-electron chi connectivity index (χ2n) is 5.28. The maximum atomic E-state index is 13.0. The third kappa shape index (κ3) is 4.30. The van der Waals surface area contributed by atoms with Crippen LogP contribution in [0.5, 0.6) is 0 Å². The van der Waals surface area contributed by atoms with Crippen LogP contribution in [0.15, 0.2) is 65.5 Å². The summed E-state index contributed by atoms with van der Waals surface area (Å²) in [7, 11) is 0. The number of amides is 1. The lowest BCUT2D eigenvalue weighted by Gasteiger charge is -2.08. The molecule has 0 unspecified atom stereocenters. The Hall–Kier alpha value is -2.99. The molecule has 2 aromatic carbocycles. The number of carbonyl (C=O) groups is 1. The lowest BCUT2D eigenvalue weighted by Crippen LogP contribution is -2.29. The summed E-state index contributed by atoms with van der Waals surface area (Å²) >= 11 is 5.79. The van der Waals surface area contributed by atoms with Crippen molar-refractivity contribution in [2.24, 2.45) is 0 Å². The van der Waals surface area contributed by atoms with Crippen molar-refractivity contribution in [2.75, 3.05) is 5.32 Å². The summed E-state index contributed by atoms with van der Waals surface area (Å²) in [4.78, 5) is 24.1. The first-order valence-corrected chi connectivity index (χ1v) is 7.78. The molecule has 126 valence electrons. The van der Waals surface area contributed by atoms with Crippen LogP contribution in [0.3, 0.4) is 0 Å². The number of hydrogen-bond acceptors (Lipinski definition) is 3. The van der Waals surface area contributed by atoms with Gasteiger partial charge in [0.2, 0.25) is 5.91 Å². The van der Waals surface area contributed by atoms with E-state index in [-0.39, 0.29) is 12.4 Å². The van der Waals surface area contributed by atoms with E-state index in [4.69, 9.17) is 11.6 Å². The van der Waals surface area contributed by atoms with Crippen LogP contribution in [-0.4, -0.2) is 15.7 Å². The summed E-state index contributed by atoms with van der Waals surface area (Å²) in [6.07, 6.45) is 0. The molecular formula is C18H13ClFN3O2. The Morgan fingerprint density at radius 1 is 1.04 bits per heavy atom. The number of hydrogen-bond donors (Lipinski definition) is 1. The summed E-state index contributed by atoms with van der Waals surface area (Å²) in [6.45, 7) is -0.240. The maximum Gasteiger partial charge on any atom is 0.267 e. The van der Waals surface area contributed by atoms with Crippen LogP contribution in [0.1, 0.15) is 0 Å². The van der Waals surface area contributed by atoms with Crippen LogP contribution in [-0.2, 0) is 11.3 Å². The smallest absolute Gasteiger partial charge is 0.267 e. The normalized spacial score (nSPS) is 10.5. The van der Waals surface area contributed by atoms with E-state index in [1.54, 1.807) is 36.4 Å². The molecule has 0 aliphatic carbocycles. The Balaban J connectivity index is 1.78. The van der Waals surface area contributed by atoms with Crippen molar-refractivity contribution in [1.29, 1.82) is 0 Å². The molecule has 1 aromatic heterocycles. The highest BCUT2D eigenvalue weighted by Crippen LogP contribution is 2.16. The molecule has 0 aliphatic heterocycles. The van der Waals surface area contributed by atoms with Crippen molar-refractivity contribution < 1.29 is 9.18 Å². The van der Waals surface area contributed by atoms with Crippen LogP contribution >= 0.6 is 11.6 Å². The standard InChI is InChI=1S/C18H13ClFN3O2/c19-13-3-7-15(8-4-13)21-17(24)11-23-18(25)10-9-16(22-23)12-1-5-14(20)6-2-12/h1-10H,11H2,(H,21,24). The minimum absolute atomic E-state index is 0.240. The fourth-order valence-electron chi connectivity index (χ4n) is 2.21. The summed E-state index contributed by atoms with van der Waals surface area (Å²) in [5, 5.41) is 7.39. The van der Waals surface area contributed by atoms with Gasteiger partial charge in [0.1, 0.15) is 12.4 Å². The predicted octanol–water partition coefficient (Wildman–Crippen LogP) is 3.34. The predicted molar refractivity (Wildman–Crippen MR) is 94.0 cm³/mol. The molecule has 0 radical (unpaired) electrons. The van der Waals surface area contributed by atoms with E-state index >= 15 is 0 Å². The lowest BCUT2D eigenvalue weighted by atomic mass is 10.1. The minimum atomic E-state index is -0.405. The van der Waals surface area contributed by atoms with Gasteiger partial charge in [-0.2, -0.15) is 5.10 Å². The molecule has 0 saturated carbocycles. The second kappa shape index (κ2) is 7.27. The van der Waals surface area contributed by atoms with Crippen LogP contribution in [0.25, 0.3) is 11.3 Å². The zero-order valence-electron chi connectivity index (χ0n) is 12.9.